The van der Waals surface area contributed by atoms with Crippen molar-refractivity contribution in [3.8, 4) is 11.5 Å². The second kappa shape index (κ2) is 7.42. The van der Waals surface area contributed by atoms with Crippen molar-refractivity contribution < 1.29 is 24.2 Å². The van der Waals surface area contributed by atoms with E-state index in [0.717, 1.165) is 12.8 Å². The van der Waals surface area contributed by atoms with Crippen LogP contribution in [0.4, 0.5) is 0 Å². The van der Waals surface area contributed by atoms with E-state index in [1.807, 2.05) is 4.90 Å². The van der Waals surface area contributed by atoms with Crippen LogP contribution in [0.1, 0.15) is 36.0 Å². The van der Waals surface area contributed by atoms with Crippen molar-refractivity contribution in [2.45, 2.75) is 25.7 Å². The smallest absolute Gasteiger partial charge is 0.303 e. The van der Waals surface area contributed by atoms with Crippen LogP contribution in [0.3, 0.4) is 0 Å². The molecular formula is C17H20BrNO5. The number of piperidine rings is 1. The number of halogens is 1. The van der Waals surface area contributed by atoms with E-state index in [0.29, 0.717) is 54.3 Å². The van der Waals surface area contributed by atoms with E-state index < -0.39 is 5.97 Å². The Balaban J connectivity index is 1.71. The largest absolute Gasteiger partial charge is 0.486 e. The summed E-state index contributed by atoms with van der Waals surface area (Å²) in [5.41, 5.74) is 0.560. The van der Waals surface area contributed by atoms with Gasteiger partial charge in [-0.2, -0.15) is 0 Å². The predicted octanol–water partition coefficient (Wildman–Crippen LogP) is 2.94. The average molecular weight is 398 g/mol. The number of nitrogens with zero attached hydrogens (tertiary/aromatic N) is 1. The monoisotopic (exact) mass is 397 g/mol. The highest BCUT2D eigenvalue weighted by Crippen LogP contribution is 2.39. The zero-order valence-corrected chi connectivity index (χ0v) is 14.9. The van der Waals surface area contributed by atoms with Gasteiger partial charge in [-0.05, 0) is 53.2 Å². The second-order valence-corrected chi connectivity index (χ2v) is 7.03. The van der Waals surface area contributed by atoms with Gasteiger partial charge in [-0.15, -0.1) is 0 Å². The van der Waals surface area contributed by atoms with E-state index in [2.05, 4.69) is 15.9 Å². The van der Waals surface area contributed by atoms with E-state index in [4.69, 9.17) is 14.6 Å². The van der Waals surface area contributed by atoms with Crippen molar-refractivity contribution in [1.29, 1.82) is 0 Å². The number of fused-ring (bicyclic) bond motifs is 1. The van der Waals surface area contributed by atoms with Gasteiger partial charge in [0, 0.05) is 25.1 Å². The molecule has 1 unspecified atom stereocenters. The molecule has 0 bridgehead atoms. The van der Waals surface area contributed by atoms with Gasteiger partial charge < -0.3 is 19.5 Å². The number of hydrogen-bond acceptors (Lipinski definition) is 4. The van der Waals surface area contributed by atoms with Crippen LogP contribution in [0, 0.1) is 5.92 Å². The van der Waals surface area contributed by atoms with Gasteiger partial charge >= 0.3 is 5.97 Å². The Kier molecular flexibility index (Phi) is 5.28. The number of amides is 1. The molecule has 3 rings (SSSR count). The topological polar surface area (TPSA) is 76.1 Å². The summed E-state index contributed by atoms with van der Waals surface area (Å²) in [6.45, 7) is 2.28. The van der Waals surface area contributed by atoms with Gasteiger partial charge in [-0.25, -0.2) is 0 Å². The van der Waals surface area contributed by atoms with E-state index in [1.165, 1.54) is 0 Å². The van der Waals surface area contributed by atoms with Crippen LogP contribution in [0.25, 0.3) is 0 Å². The van der Waals surface area contributed by atoms with Gasteiger partial charge in [0.2, 0.25) is 0 Å². The molecule has 2 aliphatic heterocycles. The van der Waals surface area contributed by atoms with Crippen LogP contribution in [0.5, 0.6) is 11.5 Å². The minimum absolute atomic E-state index is 0.0484. The Morgan fingerprint density at radius 1 is 1.29 bits per heavy atom. The summed E-state index contributed by atoms with van der Waals surface area (Å²) in [5, 5.41) is 8.83. The first kappa shape index (κ1) is 17.1. The molecule has 6 nitrogen and oxygen atoms in total. The molecule has 1 saturated heterocycles. The molecule has 1 aromatic rings. The summed E-state index contributed by atoms with van der Waals surface area (Å²) in [6.07, 6.45) is 2.65. The summed E-state index contributed by atoms with van der Waals surface area (Å²) in [5.74, 6) is 0.635. The molecule has 0 aromatic heterocycles. The van der Waals surface area contributed by atoms with Crippen molar-refractivity contribution in [1.82, 2.24) is 4.90 Å². The summed E-state index contributed by atoms with van der Waals surface area (Å²) in [6, 6.07) is 3.49. The average Bonchev–Trinajstić information content (AvgIpc) is 2.59. The number of carboxylic acids is 1. The maximum absolute atomic E-state index is 12.8. The number of rotatable bonds is 4. The lowest BCUT2D eigenvalue weighted by atomic mass is 9.93. The van der Waals surface area contributed by atoms with Crippen molar-refractivity contribution in [3.05, 3.63) is 22.2 Å². The third-order valence-electron chi connectivity index (χ3n) is 4.42. The van der Waals surface area contributed by atoms with Gasteiger partial charge in [0.25, 0.3) is 5.91 Å². The number of likely N-dealkylation sites (tertiary alicyclic amines) is 1. The number of carboxylic acid groups (broad SMARTS) is 1. The Bertz CT molecular complexity index is 648. The highest BCUT2D eigenvalue weighted by atomic mass is 79.9. The van der Waals surface area contributed by atoms with Crippen molar-refractivity contribution in [2.24, 2.45) is 5.92 Å². The molecule has 2 aliphatic rings. The molecule has 1 amide bonds. The fraction of sp³-hybridized carbons (Fsp3) is 0.529. The van der Waals surface area contributed by atoms with Gasteiger partial charge in [0.15, 0.2) is 11.5 Å². The molecule has 0 saturated carbocycles. The number of carbonyl (C=O) groups is 2. The zero-order chi connectivity index (χ0) is 17.1. The number of aliphatic carboxylic acids is 1. The third-order valence-corrected chi connectivity index (χ3v) is 5.01. The van der Waals surface area contributed by atoms with Crippen molar-refractivity contribution >= 4 is 27.8 Å². The van der Waals surface area contributed by atoms with E-state index >= 15 is 0 Å². The van der Waals surface area contributed by atoms with Crippen LogP contribution in [-0.2, 0) is 4.79 Å². The first-order valence-electron chi connectivity index (χ1n) is 8.15. The maximum atomic E-state index is 12.8. The van der Waals surface area contributed by atoms with Crippen LogP contribution in [0.2, 0.25) is 0 Å². The molecule has 1 aromatic carbocycles. The highest BCUT2D eigenvalue weighted by Gasteiger charge is 2.27. The predicted molar refractivity (Wildman–Crippen MR) is 90.6 cm³/mol. The van der Waals surface area contributed by atoms with Crippen LogP contribution in [-0.4, -0.2) is 48.2 Å². The first-order chi connectivity index (χ1) is 11.5. The quantitative estimate of drug-likeness (QED) is 0.844. The molecule has 0 spiro atoms. The van der Waals surface area contributed by atoms with E-state index in [1.54, 1.807) is 12.1 Å². The summed E-state index contributed by atoms with van der Waals surface area (Å²) >= 11 is 3.44. The molecule has 24 heavy (non-hydrogen) atoms. The fourth-order valence-electron chi connectivity index (χ4n) is 3.23. The fourth-order valence-corrected chi connectivity index (χ4v) is 3.79. The number of benzene rings is 1. The number of hydrogen-bond donors (Lipinski definition) is 1. The van der Waals surface area contributed by atoms with Gasteiger partial charge in [-0.1, -0.05) is 0 Å². The van der Waals surface area contributed by atoms with E-state index in [9.17, 15) is 9.59 Å². The molecule has 0 aliphatic carbocycles. The summed E-state index contributed by atoms with van der Waals surface area (Å²) in [4.78, 5) is 25.4. The van der Waals surface area contributed by atoms with Gasteiger partial charge in [0.05, 0.1) is 4.47 Å². The SMILES string of the molecule is O=C(O)CCC1CCCN(C(=O)c2cc(Br)c3c(c2)OCCO3)C1. The molecular weight excluding hydrogens is 378 g/mol. The maximum Gasteiger partial charge on any atom is 0.303 e. The lowest BCUT2D eigenvalue weighted by molar-refractivity contribution is -0.137. The standard InChI is InChI=1S/C17H20BrNO5/c18-13-8-12(9-14-16(13)24-7-6-23-14)17(22)19-5-1-2-11(10-19)3-4-15(20)21/h8-9,11H,1-7,10H2,(H,20,21). The Hall–Kier alpha value is -1.76. The summed E-state index contributed by atoms with van der Waals surface area (Å²) < 4.78 is 11.8. The second-order valence-electron chi connectivity index (χ2n) is 6.17. The first-order valence-corrected chi connectivity index (χ1v) is 8.94. The summed E-state index contributed by atoms with van der Waals surface area (Å²) in [7, 11) is 0. The molecule has 7 heteroatoms. The molecule has 1 atom stereocenters. The van der Waals surface area contributed by atoms with Gasteiger partial charge in [0.1, 0.15) is 13.2 Å². The molecule has 1 N–H and O–H groups in total. The Morgan fingerprint density at radius 3 is 2.88 bits per heavy atom. The Labute approximate surface area is 148 Å². The third kappa shape index (κ3) is 3.83. The number of ether oxygens (including phenoxy) is 2. The molecule has 1 fully saturated rings. The minimum Gasteiger partial charge on any atom is -0.486 e. The minimum atomic E-state index is -0.783. The normalized spacial score (nSPS) is 19.9. The Morgan fingerprint density at radius 2 is 2.08 bits per heavy atom. The van der Waals surface area contributed by atoms with Crippen LogP contribution in [0.15, 0.2) is 16.6 Å². The zero-order valence-electron chi connectivity index (χ0n) is 13.3. The number of carbonyl (C=O) groups excluding carboxylic acids is 1. The molecule has 0 radical (unpaired) electrons. The lowest BCUT2D eigenvalue weighted by Gasteiger charge is -2.33. The lowest BCUT2D eigenvalue weighted by Crippen LogP contribution is -2.40. The highest BCUT2D eigenvalue weighted by molar-refractivity contribution is 9.10. The van der Waals surface area contributed by atoms with Gasteiger partial charge in [-0.3, -0.25) is 9.59 Å². The van der Waals surface area contributed by atoms with Crippen molar-refractivity contribution in [2.75, 3.05) is 26.3 Å². The van der Waals surface area contributed by atoms with Crippen LogP contribution >= 0.6 is 15.9 Å². The van der Waals surface area contributed by atoms with Crippen molar-refractivity contribution in [3.63, 3.8) is 0 Å². The van der Waals surface area contributed by atoms with Crippen LogP contribution < -0.4 is 9.47 Å². The molecule has 130 valence electrons. The molecule has 2 heterocycles. The van der Waals surface area contributed by atoms with E-state index in [-0.39, 0.29) is 18.2 Å².